The van der Waals surface area contributed by atoms with Crippen LogP contribution in [0, 0.1) is 12.5 Å². The lowest BCUT2D eigenvalue weighted by atomic mass is 9.95. The Morgan fingerprint density at radius 3 is 2.44 bits per heavy atom. The minimum atomic E-state index is -0.919. The van der Waals surface area contributed by atoms with Crippen LogP contribution < -0.4 is 5.32 Å². The second-order valence-electron chi connectivity index (χ2n) is 6.91. The Morgan fingerprint density at radius 2 is 1.85 bits per heavy atom. The maximum atomic E-state index is 13.0. The lowest BCUT2D eigenvalue weighted by Crippen LogP contribution is -2.30. The molecule has 0 heterocycles. The predicted octanol–water partition coefficient (Wildman–Crippen LogP) is 4.77. The van der Waals surface area contributed by atoms with Crippen LogP contribution >= 0.6 is 0 Å². The molecule has 1 atom stereocenters. The zero-order valence-corrected chi connectivity index (χ0v) is 15.6. The molecule has 1 amide bonds. The minimum Gasteiger partial charge on any atom is -0.481 e. The Hall–Kier alpha value is -3.13. The smallest absolute Gasteiger partial charge is 0.303 e. The highest BCUT2D eigenvalue weighted by atomic mass is 16.4. The number of hydrogen-bond acceptors (Lipinski definition) is 2. The van der Waals surface area contributed by atoms with Crippen molar-refractivity contribution in [2.24, 2.45) is 5.92 Å². The molecular weight excluding hydrogens is 340 g/mol. The third kappa shape index (κ3) is 5.96. The van der Waals surface area contributed by atoms with E-state index in [9.17, 15) is 9.59 Å². The maximum Gasteiger partial charge on any atom is 0.303 e. The van der Waals surface area contributed by atoms with Gasteiger partial charge in [0.2, 0.25) is 0 Å². The fourth-order valence-corrected chi connectivity index (χ4v) is 2.98. The van der Waals surface area contributed by atoms with Crippen LogP contribution in [-0.4, -0.2) is 17.0 Å². The van der Waals surface area contributed by atoms with Crippen molar-refractivity contribution in [3.05, 3.63) is 76.6 Å². The molecule has 2 N–H and O–H groups in total. The Kier molecular flexibility index (Phi) is 7.13. The molecule has 5 nitrogen and oxygen atoms in total. The van der Waals surface area contributed by atoms with Crippen molar-refractivity contribution in [2.45, 2.75) is 39.2 Å². The summed E-state index contributed by atoms with van der Waals surface area (Å²) in [4.78, 5) is 27.3. The first-order valence-corrected chi connectivity index (χ1v) is 8.98. The summed E-state index contributed by atoms with van der Waals surface area (Å²) in [5.74, 6) is -0.815. The van der Waals surface area contributed by atoms with Gasteiger partial charge in [-0.1, -0.05) is 56.3 Å². The third-order valence-electron chi connectivity index (χ3n) is 4.29. The van der Waals surface area contributed by atoms with Gasteiger partial charge in [-0.25, -0.2) is 4.85 Å². The van der Waals surface area contributed by atoms with Crippen molar-refractivity contribution in [1.82, 2.24) is 5.32 Å². The first-order chi connectivity index (χ1) is 12.9. The summed E-state index contributed by atoms with van der Waals surface area (Å²) in [6, 6.07) is 14.4. The second kappa shape index (κ2) is 9.54. The van der Waals surface area contributed by atoms with Gasteiger partial charge in [0.15, 0.2) is 5.69 Å². The van der Waals surface area contributed by atoms with Gasteiger partial charge < -0.3 is 10.4 Å². The molecule has 0 fully saturated rings. The zero-order valence-electron chi connectivity index (χ0n) is 15.6. The summed E-state index contributed by atoms with van der Waals surface area (Å²) in [7, 11) is 0. The first-order valence-electron chi connectivity index (χ1n) is 8.98. The summed E-state index contributed by atoms with van der Waals surface area (Å²) in [6.45, 7) is 11.4. The molecule has 2 aromatic rings. The summed E-state index contributed by atoms with van der Waals surface area (Å²) >= 11 is 0. The largest absolute Gasteiger partial charge is 0.481 e. The minimum absolute atomic E-state index is 0.0637. The Balaban J connectivity index is 2.30. The van der Waals surface area contributed by atoms with Crippen molar-refractivity contribution < 1.29 is 14.7 Å². The number of rotatable bonds is 8. The highest BCUT2D eigenvalue weighted by Gasteiger charge is 2.19. The normalized spacial score (nSPS) is 11.6. The predicted molar refractivity (Wildman–Crippen MR) is 105 cm³/mol. The average Bonchev–Trinajstić information content (AvgIpc) is 2.66. The second-order valence-corrected chi connectivity index (χ2v) is 6.91. The molecule has 0 aromatic heterocycles. The molecule has 0 aliphatic heterocycles. The lowest BCUT2D eigenvalue weighted by Gasteiger charge is -2.22. The van der Waals surface area contributed by atoms with E-state index in [1.54, 1.807) is 12.1 Å². The van der Waals surface area contributed by atoms with Crippen molar-refractivity contribution in [2.75, 3.05) is 0 Å². The highest BCUT2D eigenvalue weighted by molar-refractivity contribution is 5.97. The summed E-state index contributed by atoms with van der Waals surface area (Å²) < 4.78 is 0. The van der Waals surface area contributed by atoms with E-state index in [0.29, 0.717) is 22.7 Å². The van der Waals surface area contributed by atoms with Gasteiger partial charge in [0.25, 0.3) is 5.91 Å². The molecule has 1 unspecified atom stereocenters. The average molecular weight is 364 g/mol. The zero-order chi connectivity index (χ0) is 19.8. The van der Waals surface area contributed by atoms with Crippen LogP contribution in [-0.2, 0) is 11.2 Å². The highest BCUT2D eigenvalue weighted by Crippen LogP contribution is 2.24. The van der Waals surface area contributed by atoms with Crippen LogP contribution in [0.2, 0.25) is 0 Å². The van der Waals surface area contributed by atoms with Gasteiger partial charge in [-0.2, -0.15) is 0 Å². The van der Waals surface area contributed by atoms with Crippen molar-refractivity contribution in [1.29, 1.82) is 0 Å². The molecule has 0 spiro atoms. The van der Waals surface area contributed by atoms with Crippen LogP contribution in [0.15, 0.2) is 48.5 Å². The first kappa shape index (κ1) is 20.2. The number of benzene rings is 2. The van der Waals surface area contributed by atoms with E-state index in [1.165, 1.54) is 6.07 Å². The maximum absolute atomic E-state index is 13.0. The fourth-order valence-electron chi connectivity index (χ4n) is 2.98. The van der Waals surface area contributed by atoms with Gasteiger partial charge in [0.1, 0.15) is 0 Å². The van der Waals surface area contributed by atoms with Gasteiger partial charge in [0, 0.05) is 12.0 Å². The van der Waals surface area contributed by atoms with E-state index in [1.807, 2.05) is 30.3 Å². The van der Waals surface area contributed by atoms with Gasteiger partial charge in [0.05, 0.1) is 12.6 Å². The number of carbonyl (C=O) groups is 2. The molecule has 140 valence electrons. The van der Waals surface area contributed by atoms with Gasteiger partial charge in [-0.05, 0) is 36.0 Å². The molecule has 0 aliphatic carbocycles. The molecule has 2 aromatic carbocycles. The number of carboxylic acid groups (broad SMARTS) is 1. The number of carboxylic acids is 1. The molecule has 5 heteroatoms. The number of nitrogens with zero attached hydrogens (tertiary/aromatic N) is 1. The summed E-state index contributed by atoms with van der Waals surface area (Å²) in [5.41, 5.74) is 2.39. The molecule has 2 rings (SSSR count). The lowest BCUT2D eigenvalue weighted by molar-refractivity contribution is -0.136. The van der Waals surface area contributed by atoms with E-state index < -0.39 is 5.97 Å². The molecule has 0 saturated carbocycles. The van der Waals surface area contributed by atoms with E-state index in [4.69, 9.17) is 11.7 Å². The van der Waals surface area contributed by atoms with E-state index in [2.05, 4.69) is 24.0 Å². The van der Waals surface area contributed by atoms with Crippen molar-refractivity contribution >= 4 is 17.6 Å². The summed E-state index contributed by atoms with van der Waals surface area (Å²) in [5, 5.41) is 12.0. The Morgan fingerprint density at radius 1 is 1.15 bits per heavy atom. The standard InChI is InChI=1S/C22H24N2O3/c1-15(2)13-20(17-7-5-4-6-8-17)24-22(27)19-14-18(23-3)11-9-16(19)10-12-21(25)26/h4-9,11,14-15,20H,10,12-13H2,1-2H3,(H,24,27)(H,25,26). The van der Waals surface area contributed by atoms with Gasteiger partial charge in [-0.3, -0.25) is 9.59 Å². The number of hydrogen-bond donors (Lipinski definition) is 2. The van der Waals surface area contributed by atoms with Crippen molar-refractivity contribution in [3.8, 4) is 0 Å². The Bertz CT molecular complexity index is 838. The van der Waals surface area contributed by atoms with Crippen LogP contribution in [0.25, 0.3) is 4.85 Å². The number of amides is 1. The number of carbonyl (C=O) groups excluding carboxylic acids is 1. The number of nitrogens with one attached hydrogen (secondary N) is 1. The monoisotopic (exact) mass is 364 g/mol. The van der Waals surface area contributed by atoms with Crippen LogP contribution in [0.1, 0.15) is 54.2 Å². The number of aryl methyl sites for hydroxylation is 1. The van der Waals surface area contributed by atoms with Crippen LogP contribution in [0.5, 0.6) is 0 Å². The van der Waals surface area contributed by atoms with Crippen molar-refractivity contribution in [3.63, 3.8) is 0 Å². The van der Waals surface area contributed by atoms with Crippen LogP contribution in [0.4, 0.5) is 5.69 Å². The quantitative estimate of drug-likeness (QED) is 0.663. The van der Waals surface area contributed by atoms with Gasteiger partial charge >= 0.3 is 5.97 Å². The van der Waals surface area contributed by atoms with Gasteiger partial charge in [-0.15, -0.1) is 0 Å². The van der Waals surface area contributed by atoms with E-state index in [0.717, 1.165) is 12.0 Å². The molecule has 0 aliphatic rings. The molecule has 0 radical (unpaired) electrons. The van der Waals surface area contributed by atoms with E-state index >= 15 is 0 Å². The number of aliphatic carboxylic acids is 1. The third-order valence-corrected chi connectivity index (χ3v) is 4.29. The van der Waals surface area contributed by atoms with Crippen LogP contribution in [0.3, 0.4) is 0 Å². The van der Waals surface area contributed by atoms with E-state index in [-0.39, 0.29) is 24.8 Å². The Labute approximate surface area is 159 Å². The molecule has 0 saturated heterocycles. The summed E-state index contributed by atoms with van der Waals surface area (Å²) in [6.07, 6.45) is 0.963. The topological polar surface area (TPSA) is 70.8 Å². The molecule has 0 bridgehead atoms. The SMILES string of the molecule is [C-]#[N+]c1ccc(CCC(=O)O)c(C(=O)NC(CC(C)C)c2ccccc2)c1. The fraction of sp³-hybridized carbons (Fsp3) is 0.318. The molecular formula is C22H24N2O3. The molecule has 27 heavy (non-hydrogen) atoms.